The van der Waals surface area contributed by atoms with E-state index in [1.165, 1.54) is 0 Å². The van der Waals surface area contributed by atoms with Gasteiger partial charge in [-0.3, -0.25) is 0 Å². The molecule has 9 heterocycles. The van der Waals surface area contributed by atoms with Crippen molar-refractivity contribution in [1.82, 2.24) is 0 Å². The summed E-state index contributed by atoms with van der Waals surface area (Å²) in [4.78, 5) is 0. The second kappa shape index (κ2) is 37.5. The molecule has 103 heavy (non-hydrogen) atoms. The molecule has 46 heteroatoms. The first kappa shape index (κ1) is 85.2. The van der Waals surface area contributed by atoms with Gasteiger partial charge in [0.25, 0.3) is 0 Å². The minimum absolute atomic E-state index is 0.208. The van der Waals surface area contributed by atoms with Crippen LogP contribution in [0.15, 0.2) is 0 Å². The van der Waals surface area contributed by atoms with Gasteiger partial charge in [-0.25, -0.2) is 0 Å². The van der Waals surface area contributed by atoms with Gasteiger partial charge in [0.1, 0.15) is 220 Å². The van der Waals surface area contributed by atoms with Crippen LogP contribution in [0.2, 0.25) is 0 Å². The third-order valence-corrected chi connectivity index (χ3v) is 19.2. The van der Waals surface area contributed by atoms with Gasteiger partial charge in [-0.15, -0.1) is 0 Å². The molecule has 0 saturated carbocycles. The Bertz CT molecular complexity index is 2510. The van der Waals surface area contributed by atoms with Crippen LogP contribution in [0.25, 0.3) is 0 Å². The van der Waals surface area contributed by atoms with E-state index in [9.17, 15) is 143 Å². The summed E-state index contributed by atoms with van der Waals surface area (Å²) in [6.07, 6.45) is -92.6. The molecule has 0 amide bonds. The van der Waals surface area contributed by atoms with Crippen molar-refractivity contribution in [3.63, 3.8) is 0 Å². The normalized spacial score (nSPS) is 52.5. The molecule has 0 aliphatic carbocycles. The van der Waals surface area contributed by atoms with Crippen LogP contribution in [0, 0.1) is 0 Å². The summed E-state index contributed by atoms with van der Waals surface area (Å²) in [5, 5.41) is 305. The monoisotopic (exact) mass is 1520 g/mol. The molecule has 0 radical (unpaired) electrons. The van der Waals surface area contributed by atoms with Gasteiger partial charge in [0.05, 0.1) is 59.5 Å². The highest BCUT2D eigenvalue weighted by atomic mass is 16.8. The van der Waals surface area contributed by atoms with Crippen molar-refractivity contribution in [3.8, 4) is 0 Å². The lowest BCUT2D eigenvalue weighted by Gasteiger charge is -2.50. The Kier molecular flexibility index (Phi) is 31.0. The molecule has 45 atom stereocenters. The first-order valence-corrected chi connectivity index (χ1v) is 33.2. The summed E-state index contributed by atoms with van der Waals surface area (Å²) in [7, 11) is 0. The molecule has 9 fully saturated rings. The van der Waals surface area contributed by atoms with Gasteiger partial charge in [-0.05, 0) is 6.42 Å². The summed E-state index contributed by atoms with van der Waals surface area (Å²) in [6.45, 7) is -7.90. The molecule has 0 aromatic rings. The molecular formula is C57H98O46. The fourth-order valence-electron chi connectivity index (χ4n) is 13.0. The topological polar surface area (TPSA) is 733 Å². The second-order valence-electron chi connectivity index (χ2n) is 26.1. The molecule has 0 spiro atoms. The lowest BCUT2D eigenvalue weighted by atomic mass is 9.95. The van der Waals surface area contributed by atoms with E-state index in [1.54, 1.807) is 6.92 Å². The SMILES string of the molecule is CCCO[C@@H]1OC(CO[C@H]2OC(CO[C@H]3OC(CO)[C@@H](O)[C@H](O)C3O[C@H]3OC(CO)[C@@H](O)[C@H](O)C3O)[C@@H](O)[C@H](O[C@H]3OC(CO)[C@@H](O)C(O)C3O[C@H]3OC(CO)[C@@H](O)C(O)C3O)C2O)[C@@H](O)[C@H](O[C@H]2OC(CO)[C@@H](O)C(O)C2O[C@H]2OC(CO)[C@@H](O)C(O)C2O[C@H]2OC(CO)[C@@H](O)C(O)C2O)C1O. The Morgan fingerprint density at radius 1 is 0.194 bits per heavy atom. The van der Waals surface area contributed by atoms with E-state index in [4.69, 9.17) is 85.3 Å². The molecule has 0 bridgehead atoms. The van der Waals surface area contributed by atoms with Crippen LogP contribution in [0.1, 0.15) is 13.3 Å². The van der Waals surface area contributed by atoms with E-state index in [0.717, 1.165) is 0 Å². The predicted octanol–water partition coefficient (Wildman–Crippen LogP) is -19.2. The van der Waals surface area contributed by atoms with E-state index < -0.39 is 336 Å². The van der Waals surface area contributed by atoms with Gasteiger partial charge in [0.2, 0.25) is 0 Å². The molecule has 28 N–H and O–H groups in total. The fraction of sp³-hybridized carbons (Fsp3) is 1.00. The van der Waals surface area contributed by atoms with Crippen molar-refractivity contribution in [2.45, 2.75) is 290 Å². The third kappa shape index (κ3) is 18.2. The quantitative estimate of drug-likeness (QED) is 0.0346. The maximum absolute atomic E-state index is 12.3. The Hall–Kier alpha value is -1.84. The molecule has 0 aromatic carbocycles. The molecule has 9 saturated heterocycles. The van der Waals surface area contributed by atoms with Gasteiger partial charge in [-0.1, -0.05) is 6.92 Å². The van der Waals surface area contributed by atoms with Crippen molar-refractivity contribution >= 4 is 0 Å². The number of ether oxygens (including phenoxy) is 18. The summed E-state index contributed by atoms with van der Waals surface area (Å²) < 4.78 is 105. The molecule has 9 aliphatic heterocycles. The van der Waals surface area contributed by atoms with Crippen molar-refractivity contribution < 1.29 is 228 Å². The fourth-order valence-corrected chi connectivity index (χ4v) is 13.0. The lowest BCUT2D eigenvalue weighted by molar-refractivity contribution is -0.405. The number of hydrogen-bond acceptors (Lipinski definition) is 46. The number of aliphatic hydroxyl groups is 28. The first-order valence-electron chi connectivity index (χ1n) is 33.2. The van der Waals surface area contributed by atoms with E-state index in [2.05, 4.69) is 0 Å². The third-order valence-electron chi connectivity index (χ3n) is 19.2. The molecule has 23 unspecified atom stereocenters. The van der Waals surface area contributed by atoms with E-state index in [0.29, 0.717) is 0 Å². The van der Waals surface area contributed by atoms with Crippen LogP contribution in [0.4, 0.5) is 0 Å². The number of aliphatic hydroxyl groups excluding tert-OH is 28. The van der Waals surface area contributed by atoms with Gasteiger partial charge < -0.3 is 228 Å². The van der Waals surface area contributed by atoms with Crippen LogP contribution in [0.3, 0.4) is 0 Å². The smallest absolute Gasteiger partial charge is 0.187 e. The Morgan fingerprint density at radius 2 is 0.408 bits per heavy atom. The van der Waals surface area contributed by atoms with Gasteiger partial charge in [-0.2, -0.15) is 0 Å². The Labute approximate surface area is 582 Å². The number of rotatable bonds is 28. The van der Waals surface area contributed by atoms with Crippen molar-refractivity contribution in [2.75, 3.05) is 66.1 Å². The Balaban J connectivity index is 1.01. The zero-order valence-electron chi connectivity index (χ0n) is 54.6. The van der Waals surface area contributed by atoms with E-state index in [1.807, 2.05) is 0 Å². The molecule has 602 valence electrons. The van der Waals surface area contributed by atoms with Crippen LogP contribution in [-0.4, -0.2) is 485 Å². The summed E-state index contributed by atoms with van der Waals surface area (Å²) in [6, 6.07) is 0. The van der Waals surface area contributed by atoms with E-state index >= 15 is 0 Å². The van der Waals surface area contributed by atoms with Crippen LogP contribution in [-0.2, 0) is 85.3 Å². The maximum Gasteiger partial charge on any atom is 0.187 e. The average Bonchev–Trinajstić information content (AvgIpc) is 0.775. The second-order valence-corrected chi connectivity index (χ2v) is 26.1. The molecule has 0 aromatic heterocycles. The van der Waals surface area contributed by atoms with Crippen LogP contribution in [0.5, 0.6) is 0 Å². The van der Waals surface area contributed by atoms with E-state index in [-0.39, 0.29) is 13.0 Å². The minimum atomic E-state index is -2.41. The standard InChI is InChI=1S/C57H98O46/c1-2-3-86-49-41(84)43(98-56-48(37(80)28(71)18(9-63)94-56)103-57-47(36(79)27(70)19(10-64)95-57)102-53-40(83)33(76)24(67)15(6-60)91-53)29(72)20(96-49)11-87-50-42(85)44(99-55-46(35(78)26(69)17(8-62)93-55)101-52-39(82)32(75)23(66)14(5-59)90-52)30(73)21(97-50)12-88-54-45(34(77)25(68)16(7-61)92-54)100-51-38(81)31(74)22(65)13(4-58)89-51/h13-85H,2-12H2,1H3/t13?,14?,15?,16?,17?,18?,19?,20?,21?,22-,23-,24-,25-,26-,27-,28-,29-,30-,31+,32?,33?,34+,35?,36?,37?,38?,39?,40?,41?,42?,43+,44+,45?,46?,47?,48?,49-,50+,51-,52-,53-,54+,55-,56-,57-/m1/s1. The number of hydrogen-bond donors (Lipinski definition) is 28. The lowest BCUT2D eigenvalue weighted by Crippen LogP contribution is -2.68. The highest BCUT2D eigenvalue weighted by molar-refractivity contribution is 5.02. The summed E-state index contributed by atoms with van der Waals surface area (Å²) in [5.41, 5.74) is 0. The van der Waals surface area contributed by atoms with Gasteiger partial charge in [0.15, 0.2) is 56.6 Å². The van der Waals surface area contributed by atoms with Crippen molar-refractivity contribution in [3.05, 3.63) is 0 Å². The van der Waals surface area contributed by atoms with Crippen LogP contribution < -0.4 is 0 Å². The summed E-state index contributed by atoms with van der Waals surface area (Å²) in [5.74, 6) is 0. The zero-order chi connectivity index (χ0) is 75.5. The van der Waals surface area contributed by atoms with Crippen LogP contribution >= 0.6 is 0 Å². The Morgan fingerprint density at radius 3 is 0.689 bits per heavy atom. The first-order chi connectivity index (χ1) is 48.9. The highest BCUT2D eigenvalue weighted by Gasteiger charge is 2.60. The van der Waals surface area contributed by atoms with Crippen molar-refractivity contribution in [1.29, 1.82) is 0 Å². The zero-order valence-corrected chi connectivity index (χ0v) is 54.6. The largest absolute Gasteiger partial charge is 0.394 e. The molecule has 9 rings (SSSR count). The average molecular weight is 1520 g/mol. The minimum Gasteiger partial charge on any atom is -0.394 e. The van der Waals surface area contributed by atoms with Gasteiger partial charge in [0, 0.05) is 6.61 Å². The van der Waals surface area contributed by atoms with Gasteiger partial charge >= 0.3 is 0 Å². The molecule has 9 aliphatic rings. The van der Waals surface area contributed by atoms with Crippen molar-refractivity contribution in [2.24, 2.45) is 0 Å². The summed E-state index contributed by atoms with van der Waals surface area (Å²) >= 11 is 0. The predicted molar refractivity (Wildman–Crippen MR) is 311 cm³/mol. The highest BCUT2D eigenvalue weighted by Crippen LogP contribution is 2.39. The maximum atomic E-state index is 12.3. The molecule has 46 nitrogen and oxygen atoms in total. The molecular weight excluding hydrogens is 1420 g/mol.